The number of thiazole rings is 1. The number of aromatic nitrogens is 3. The van der Waals surface area contributed by atoms with Gasteiger partial charge in [-0.1, -0.05) is 5.16 Å². The van der Waals surface area contributed by atoms with Crippen molar-refractivity contribution in [1.82, 2.24) is 20.0 Å². The van der Waals surface area contributed by atoms with Crippen LogP contribution >= 0.6 is 11.3 Å². The highest BCUT2D eigenvalue weighted by Crippen LogP contribution is 2.36. The standard InChI is InChI=1S/C16H22N4O2S/c1-10-9-23-16(17-10)6-20-4-13-8-21-7-12(14(13)5-20)3-15-18-11(2)19-22-15/h9,12-14H,3-8H2,1-2H3/t12-,13-,14+/m1/s1. The van der Waals surface area contributed by atoms with Gasteiger partial charge in [-0.15, -0.1) is 11.3 Å². The summed E-state index contributed by atoms with van der Waals surface area (Å²) in [6, 6.07) is 0. The molecule has 0 aliphatic carbocycles. The van der Waals surface area contributed by atoms with E-state index in [0.717, 1.165) is 50.9 Å². The number of hydrogen-bond donors (Lipinski definition) is 0. The molecule has 2 aliphatic heterocycles. The van der Waals surface area contributed by atoms with Gasteiger partial charge < -0.3 is 9.26 Å². The van der Waals surface area contributed by atoms with Crippen molar-refractivity contribution in [2.45, 2.75) is 26.8 Å². The van der Waals surface area contributed by atoms with Crippen LogP contribution in [0.3, 0.4) is 0 Å². The first kappa shape index (κ1) is 15.2. The molecule has 4 rings (SSSR count). The van der Waals surface area contributed by atoms with Crippen LogP contribution in [-0.2, 0) is 17.7 Å². The van der Waals surface area contributed by atoms with E-state index in [-0.39, 0.29) is 0 Å². The van der Waals surface area contributed by atoms with Crippen molar-refractivity contribution in [3.63, 3.8) is 0 Å². The summed E-state index contributed by atoms with van der Waals surface area (Å²) in [6.45, 7) is 8.76. The van der Waals surface area contributed by atoms with E-state index in [9.17, 15) is 0 Å². The zero-order chi connectivity index (χ0) is 15.8. The Balaban J connectivity index is 1.41. The molecule has 0 amide bonds. The van der Waals surface area contributed by atoms with Crippen LogP contribution in [0, 0.1) is 31.6 Å². The summed E-state index contributed by atoms with van der Waals surface area (Å²) in [5, 5.41) is 7.24. The summed E-state index contributed by atoms with van der Waals surface area (Å²) >= 11 is 1.76. The van der Waals surface area contributed by atoms with Gasteiger partial charge in [-0.3, -0.25) is 4.90 Å². The smallest absolute Gasteiger partial charge is 0.227 e. The Kier molecular flexibility index (Phi) is 4.17. The third kappa shape index (κ3) is 3.32. The number of ether oxygens (including phenoxy) is 1. The molecule has 0 spiro atoms. The van der Waals surface area contributed by atoms with E-state index < -0.39 is 0 Å². The van der Waals surface area contributed by atoms with Crippen LogP contribution in [0.25, 0.3) is 0 Å². The van der Waals surface area contributed by atoms with Gasteiger partial charge in [0.1, 0.15) is 5.01 Å². The second-order valence-corrected chi connectivity index (χ2v) is 7.68. The summed E-state index contributed by atoms with van der Waals surface area (Å²) in [6.07, 6.45) is 0.826. The van der Waals surface area contributed by atoms with Crippen LogP contribution < -0.4 is 0 Å². The molecule has 0 aromatic carbocycles. The molecule has 2 aromatic rings. The molecule has 4 heterocycles. The second kappa shape index (κ2) is 6.30. The predicted molar refractivity (Wildman–Crippen MR) is 86.2 cm³/mol. The second-order valence-electron chi connectivity index (χ2n) is 6.74. The third-order valence-corrected chi connectivity index (χ3v) is 5.82. The van der Waals surface area contributed by atoms with Gasteiger partial charge in [-0.05, 0) is 31.6 Å². The lowest BCUT2D eigenvalue weighted by Crippen LogP contribution is -2.36. The molecule has 2 aromatic heterocycles. The molecule has 0 unspecified atom stereocenters. The number of nitrogens with zero attached hydrogens (tertiary/aromatic N) is 4. The third-order valence-electron chi connectivity index (χ3n) is 4.87. The Labute approximate surface area is 139 Å². The van der Waals surface area contributed by atoms with E-state index in [1.807, 2.05) is 6.92 Å². The normalized spacial score (nSPS) is 28.2. The van der Waals surface area contributed by atoms with Gasteiger partial charge in [0, 0.05) is 30.6 Å². The lowest BCUT2D eigenvalue weighted by molar-refractivity contribution is -0.0110. The van der Waals surface area contributed by atoms with Crippen LogP contribution in [0.1, 0.15) is 22.4 Å². The van der Waals surface area contributed by atoms with Crippen LogP contribution in [-0.4, -0.2) is 46.3 Å². The summed E-state index contributed by atoms with van der Waals surface area (Å²) in [7, 11) is 0. The number of hydrogen-bond acceptors (Lipinski definition) is 7. The van der Waals surface area contributed by atoms with E-state index in [0.29, 0.717) is 23.6 Å². The first-order chi connectivity index (χ1) is 11.2. The van der Waals surface area contributed by atoms with Crippen molar-refractivity contribution in [3.05, 3.63) is 27.8 Å². The Bertz CT molecular complexity index is 671. The van der Waals surface area contributed by atoms with Crippen molar-refractivity contribution in [1.29, 1.82) is 0 Å². The Morgan fingerprint density at radius 2 is 2.17 bits per heavy atom. The SMILES string of the molecule is Cc1csc(CN2C[C@@H]3COC[C@@H](Cc4nc(C)no4)[C@@H]3C2)n1. The predicted octanol–water partition coefficient (Wildman–Crippen LogP) is 2.08. The lowest BCUT2D eigenvalue weighted by Gasteiger charge is -2.32. The molecular formula is C16H22N4O2S. The van der Waals surface area contributed by atoms with Gasteiger partial charge in [-0.25, -0.2) is 4.98 Å². The molecular weight excluding hydrogens is 312 g/mol. The highest BCUT2D eigenvalue weighted by atomic mass is 32.1. The summed E-state index contributed by atoms with van der Waals surface area (Å²) in [5.74, 6) is 3.18. The number of likely N-dealkylation sites (tertiary alicyclic amines) is 1. The van der Waals surface area contributed by atoms with E-state index in [2.05, 4.69) is 32.3 Å². The summed E-state index contributed by atoms with van der Waals surface area (Å²) in [5.41, 5.74) is 1.12. The van der Waals surface area contributed by atoms with E-state index in [1.165, 1.54) is 5.01 Å². The molecule has 0 saturated carbocycles. The number of aryl methyl sites for hydroxylation is 2. The number of rotatable bonds is 4. The molecule has 2 aliphatic rings. The maximum absolute atomic E-state index is 5.85. The van der Waals surface area contributed by atoms with Gasteiger partial charge >= 0.3 is 0 Å². The van der Waals surface area contributed by atoms with Crippen molar-refractivity contribution in [2.24, 2.45) is 17.8 Å². The Morgan fingerprint density at radius 1 is 1.26 bits per heavy atom. The van der Waals surface area contributed by atoms with Gasteiger partial charge in [0.05, 0.1) is 19.8 Å². The van der Waals surface area contributed by atoms with Crippen molar-refractivity contribution < 1.29 is 9.26 Å². The van der Waals surface area contributed by atoms with E-state index in [1.54, 1.807) is 11.3 Å². The van der Waals surface area contributed by atoms with Gasteiger partial charge in [0.15, 0.2) is 5.82 Å². The van der Waals surface area contributed by atoms with Gasteiger partial charge in [0.25, 0.3) is 0 Å². The van der Waals surface area contributed by atoms with Crippen LogP contribution in [0.2, 0.25) is 0 Å². The average Bonchev–Trinajstić information content (AvgIpc) is 3.21. The minimum absolute atomic E-state index is 0.469. The maximum atomic E-state index is 5.85. The Hall–Kier alpha value is -1.31. The quantitative estimate of drug-likeness (QED) is 0.853. The highest BCUT2D eigenvalue weighted by Gasteiger charge is 2.41. The lowest BCUT2D eigenvalue weighted by atomic mass is 9.81. The molecule has 2 fully saturated rings. The van der Waals surface area contributed by atoms with Crippen LogP contribution in [0.5, 0.6) is 0 Å². The molecule has 2 saturated heterocycles. The molecule has 124 valence electrons. The van der Waals surface area contributed by atoms with Gasteiger partial charge in [0.2, 0.25) is 5.89 Å². The first-order valence-corrected chi connectivity index (χ1v) is 9.05. The molecule has 7 heteroatoms. The van der Waals surface area contributed by atoms with Crippen LogP contribution in [0.4, 0.5) is 0 Å². The topological polar surface area (TPSA) is 64.3 Å². The molecule has 0 radical (unpaired) electrons. The zero-order valence-electron chi connectivity index (χ0n) is 13.6. The van der Waals surface area contributed by atoms with Gasteiger partial charge in [-0.2, -0.15) is 4.98 Å². The first-order valence-electron chi connectivity index (χ1n) is 8.17. The zero-order valence-corrected chi connectivity index (χ0v) is 14.4. The average molecular weight is 334 g/mol. The minimum Gasteiger partial charge on any atom is -0.381 e. The molecule has 0 N–H and O–H groups in total. The Morgan fingerprint density at radius 3 is 2.91 bits per heavy atom. The van der Waals surface area contributed by atoms with Crippen molar-refractivity contribution in [2.75, 3.05) is 26.3 Å². The molecule has 3 atom stereocenters. The fraction of sp³-hybridized carbons (Fsp3) is 0.688. The number of fused-ring (bicyclic) bond motifs is 1. The summed E-state index contributed by atoms with van der Waals surface area (Å²) in [4.78, 5) is 11.5. The van der Waals surface area contributed by atoms with Crippen molar-refractivity contribution >= 4 is 11.3 Å². The summed E-state index contributed by atoms with van der Waals surface area (Å²) < 4.78 is 11.2. The minimum atomic E-state index is 0.469. The highest BCUT2D eigenvalue weighted by molar-refractivity contribution is 7.09. The van der Waals surface area contributed by atoms with Crippen molar-refractivity contribution in [3.8, 4) is 0 Å². The maximum Gasteiger partial charge on any atom is 0.227 e. The fourth-order valence-electron chi connectivity index (χ4n) is 3.85. The van der Waals surface area contributed by atoms with E-state index in [4.69, 9.17) is 9.26 Å². The molecule has 23 heavy (non-hydrogen) atoms. The monoisotopic (exact) mass is 334 g/mol. The molecule has 0 bridgehead atoms. The largest absolute Gasteiger partial charge is 0.381 e. The molecule has 6 nitrogen and oxygen atoms in total. The van der Waals surface area contributed by atoms with E-state index >= 15 is 0 Å². The van der Waals surface area contributed by atoms with Crippen LogP contribution in [0.15, 0.2) is 9.90 Å². The fourth-order valence-corrected chi connectivity index (χ4v) is 4.66.